The topological polar surface area (TPSA) is 116 Å². The lowest BCUT2D eigenvalue weighted by Gasteiger charge is -2.18. The summed E-state index contributed by atoms with van der Waals surface area (Å²) in [6, 6.07) is 11.1. The molecule has 0 radical (unpaired) electrons. The van der Waals surface area contributed by atoms with E-state index in [1.54, 1.807) is 53.7 Å². The molecule has 0 unspecified atom stereocenters. The van der Waals surface area contributed by atoms with Gasteiger partial charge in [-0.15, -0.1) is 6.58 Å². The molecule has 0 atom stereocenters. The number of anilines is 2. The Morgan fingerprint density at radius 1 is 1.18 bits per heavy atom. The molecular formula is C24H24N8O2. The highest BCUT2D eigenvalue weighted by Crippen LogP contribution is 2.23. The Bertz CT molecular complexity index is 1600. The molecule has 4 heterocycles. The van der Waals surface area contributed by atoms with Crippen LogP contribution < -0.4 is 10.9 Å². The van der Waals surface area contributed by atoms with Crippen molar-refractivity contribution < 1.29 is 5.11 Å². The molecule has 0 amide bonds. The summed E-state index contributed by atoms with van der Waals surface area (Å²) in [6.45, 7) is 7.34. The van der Waals surface area contributed by atoms with Gasteiger partial charge in [0.25, 0.3) is 5.56 Å². The van der Waals surface area contributed by atoms with Gasteiger partial charge in [-0.05, 0) is 44.2 Å². The second kappa shape index (κ2) is 7.92. The molecule has 0 aliphatic carbocycles. The summed E-state index contributed by atoms with van der Waals surface area (Å²) in [5.74, 6) is 0.786. The zero-order chi connectivity index (χ0) is 24.0. The van der Waals surface area contributed by atoms with Gasteiger partial charge in [0.05, 0.1) is 24.0 Å². The summed E-state index contributed by atoms with van der Waals surface area (Å²) in [6.07, 6.45) is 4.93. The molecule has 172 valence electrons. The zero-order valence-electron chi connectivity index (χ0n) is 19.1. The minimum atomic E-state index is -1.14. The molecule has 0 saturated heterocycles. The minimum Gasteiger partial charge on any atom is -0.384 e. The van der Waals surface area contributed by atoms with E-state index in [0.717, 1.165) is 16.6 Å². The van der Waals surface area contributed by atoms with Crippen LogP contribution >= 0.6 is 0 Å². The summed E-state index contributed by atoms with van der Waals surface area (Å²) in [4.78, 5) is 26.7. The molecule has 0 bridgehead atoms. The number of aryl methyl sites for hydroxylation is 1. The number of nitrogens with one attached hydrogen (secondary N) is 1. The van der Waals surface area contributed by atoms with E-state index in [2.05, 4.69) is 31.9 Å². The summed E-state index contributed by atoms with van der Waals surface area (Å²) < 4.78 is 4.93. The molecule has 0 fully saturated rings. The average molecular weight is 457 g/mol. The Balaban J connectivity index is 1.65. The number of fused-ring (bicyclic) bond motifs is 2. The van der Waals surface area contributed by atoms with Crippen LogP contribution in [0.4, 0.5) is 11.6 Å². The second-order valence-electron chi connectivity index (χ2n) is 8.53. The fourth-order valence-corrected chi connectivity index (χ4v) is 3.86. The van der Waals surface area contributed by atoms with Gasteiger partial charge in [0.1, 0.15) is 11.0 Å². The molecule has 10 nitrogen and oxygen atoms in total. The molecule has 34 heavy (non-hydrogen) atoms. The summed E-state index contributed by atoms with van der Waals surface area (Å²) in [5.41, 5.74) is 1.27. The second-order valence-corrected chi connectivity index (χ2v) is 8.53. The van der Waals surface area contributed by atoms with E-state index >= 15 is 0 Å². The number of allylic oxidation sites excluding steroid dienone is 1. The number of rotatable bonds is 6. The smallest absolute Gasteiger partial charge is 0.278 e. The van der Waals surface area contributed by atoms with Gasteiger partial charge in [-0.3, -0.25) is 9.48 Å². The quantitative estimate of drug-likeness (QED) is 0.377. The number of benzene rings is 1. The number of nitrogens with zero attached hydrogens (tertiary/aromatic N) is 7. The van der Waals surface area contributed by atoms with Crippen molar-refractivity contribution in [2.45, 2.75) is 26.0 Å². The molecular weight excluding hydrogens is 432 g/mol. The molecule has 4 aromatic heterocycles. The zero-order valence-corrected chi connectivity index (χ0v) is 19.1. The van der Waals surface area contributed by atoms with Gasteiger partial charge in [0, 0.05) is 24.3 Å². The SMILES string of the molecule is C=CCn1c(=O)c2cnc(Nc3ccc4c(cnn4C)c3)nc2n1-c1cccc(C(C)(C)O)n1. The van der Waals surface area contributed by atoms with Crippen molar-refractivity contribution in [1.82, 2.24) is 34.1 Å². The van der Waals surface area contributed by atoms with Crippen LogP contribution in [-0.2, 0) is 19.2 Å². The molecule has 0 aliphatic rings. The van der Waals surface area contributed by atoms with E-state index in [9.17, 15) is 9.90 Å². The number of pyridine rings is 1. The van der Waals surface area contributed by atoms with Gasteiger partial charge in [0.2, 0.25) is 5.95 Å². The number of aromatic nitrogens is 7. The Labute approximate surface area is 194 Å². The monoisotopic (exact) mass is 456 g/mol. The van der Waals surface area contributed by atoms with E-state index < -0.39 is 5.60 Å². The predicted molar refractivity (Wildman–Crippen MR) is 130 cm³/mol. The Morgan fingerprint density at radius 3 is 2.76 bits per heavy atom. The number of aliphatic hydroxyl groups is 1. The van der Waals surface area contributed by atoms with Crippen LogP contribution in [-0.4, -0.2) is 39.2 Å². The molecule has 2 N–H and O–H groups in total. The minimum absolute atomic E-state index is 0.254. The summed E-state index contributed by atoms with van der Waals surface area (Å²) in [7, 11) is 1.89. The van der Waals surface area contributed by atoms with Crippen molar-refractivity contribution in [3.63, 3.8) is 0 Å². The fourth-order valence-electron chi connectivity index (χ4n) is 3.86. The van der Waals surface area contributed by atoms with Crippen LogP contribution in [0.3, 0.4) is 0 Å². The Morgan fingerprint density at radius 2 is 2.00 bits per heavy atom. The first-order valence-corrected chi connectivity index (χ1v) is 10.7. The predicted octanol–water partition coefficient (Wildman–Crippen LogP) is 3.02. The first-order chi connectivity index (χ1) is 16.3. The lowest BCUT2D eigenvalue weighted by Crippen LogP contribution is -2.23. The van der Waals surface area contributed by atoms with Gasteiger partial charge in [0.15, 0.2) is 11.5 Å². The molecule has 5 aromatic rings. The summed E-state index contributed by atoms with van der Waals surface area (Å²) in [5, 5.41) is 19.2. The first kappa shape index (κ1) is 21.5. The Kier molecular flexibility index (Phi) is 5.02. The molecule has 0 saturated carbocycles. The fraction of sp³-hybridized carbons (Fsp3) is 0.208. The van der Waals surface area contributed by atoms with Crippen LogP contribution in [0.1, 0.15) is 19.5 Å². The van der Waals surface area contributed by atoms with Crippen LogP contribution in [0.15, 0.2) is 66.2 Å². The van der Waals surface area contributed by atoms with Crippen molar-refractivity contribution in [1.29, 1.82) is 0 Å². The van der Waals surface area contributed by atoms with Crippen LogP contribution in [0.25, 0.3) is 27.8 Å². The molecule has 1 aromatic carbocycles. The van der Waals surface area contributed by atoms with Crippen molar-refractivity contribution in [2.75, 3.05) is 5.32 Å². The highest BCUT2D eigenvalue weighted by Gasteiger charge is 2.21. The van der Waals surface area contributed by atoms with Crippen molar-refractivity contribution in [3.05, 3.63) is 77.5 Å². The molecule has 5 rings (SSSR count). The molecule has 0 aliphatic heterocycles. The average Bonchev–Trinajstić information content (AvgIpc) is 3.30. The highest BCUT2D eigenvalue weighted by atomic mass is 16.3. The lowest BCUT2D eigenvalue weighted by molar-refractivity contribution is 0.0738. The van der Waals surface area contributed by atoms with Crippen LogP contribution in [0.2, 0.25) is 0 Å². The van der Waals surface area contributed by atoms with Crippen LogP contribution in [0.5, 0.6) is 0 Å². The maximum Gasteiger partial charge on any atom is 0.278 e. The molecule has 10 heteroatoms. The van der Waals surface area contributed by atoms with Crippen molar-refractivity contribution in [2.24, 2.45) is 7.05 Å². The van der Waals surface area contributed by atoms with E-state index in [0.29, 0.717) is 28.5 Å². The largest absolute Gasteiger partial charge is 0.384 e. The van der Waals surface area contributed by atoms with Gasteiger partial charge >= 0.3 is 0 Å². The Hall–Kier alpha value is -4.31. The first-order valence-electron chi connectivity index (χ1n) is 10.7. The van der Waals surface area contributed by atoms with Gasteiger partial charge in [-0.1, -0.05) is 12.1 Å². The normalized spacial score (nSPS) is 11.9. The third-order valence-corrected chi connectivity index (χ3v) is 5.56. The van der Waals surface area contributed by atoms with E-state index in [1.807, 2.05) is 25.2 Å². The third kappa shape index (κ3) is 3.63. The van der Waals surface area contributed by atoms with E-state index in [4.69, 9.17) is 0 Å². The van der Waals surface area contributed by atoms with Crippen molar-refractivity contribution in [3.8, 4) is 5.82 Å². The maximum atomic E-state index is 13.1. The van der Waals surface area contributed by atoms with Gasteiger partial charge in [-0.25, -0.2) is 19.3 Å². The van der Waals surface area contributed by atoms with Crippen LogP contribution in [0, 0.1) is 0 Å². The number of hydrogen-bond donors (Lipinski definition) is 2. The third-order valence-electron chi connectivity index (χ3n) is 5.56. The standard InChI is InChI=1S/C24H24N8O2/c1-5-11-31-22(33)17-14-25-23(27-16-9-10-18-15(12-16)13-26-30(18)4)29-21(17)32(31)20-8-6-7-19(28-20)24(2,3)34/h5-10,12-14,34H,1,11H2,2-4H3,(H,25,27,29). The van der Waals surface area contributed by atoms with E-state index in [-0.39, 0.29) is 12.1 Å². The van der Waals surface area contributed by atoms with Gasteiger partial charge in [-0.2, -0.15) is 10.1 Å². The summed E-state index contributed by atoms with van der Waals surface area (Å²) >= 11 is 0. The molecule has 0 spiro atoms. The van der Waals surface area contributed by atoms with Gasteiger partial charge < -0.3 is 10.4 Å². The van der Waals surface area contributed by atoms with E-state index in [1.165, 1.54) is 10.9 Å². The van der Waals surface area contributed by atoms with Crippen molar-refractivity contribution >= 4 is 33.6 Å². The lowest BCUT2D eigenvalue weighted by atomic mass is 10.1. The number of hydrogen-bond acceptors (Lipinski definition) is 7. The maximum absolute atomic E-state index is 13.1. The highest BCUT2D eigenvalue weighted by molar-refractivity contribution is 5.83.